The number of benzene rings is 2. The standard InChI is InChI=1S/C17H15Cl2NO3/c1-10-5-3-8-14(16(10)17(22)23-2)20-15(21)9-11-12(18)6-4-7-13(11)19/h3-8H,9H2,1-2H3,(H,20,21). The van der Waals surface area contributed by atoms with E-state index in [1.807, 2.05) is 0 Å². The highest BCUT2D eigenvalue weighted by Crippen LogP contribution is 2.26. The van der Waals surface area contributed by atoms with Gasteiger partial charge in [0.05, 0.1) is 24.8 Å². The van der Waals surface area contributed by atoms with Gasteiger partial charge in [-0.1, -0.05) is 41.4 Å². The van der Waals surface area contributed by atoms with Gasteiger partial charge in [0.15, 0.2) is 0 Å². The maximum Gasteiger partial charge on any atom is 0.340 e. The largest absolute Gasteiger partial charge is 0.465 e. The molecular weight excluding hydrogens is 337 g/mol. The second kappa shape index (κ2) is 7.49. The van der Waals surface area contributed by atoms with E-state index in [0.29, 0.717) is 32.4 Å². The van der Waals surface area contributed by atoms with Crippen LogP contribution < -0.4 is 5.32 Å². The molecule has 0 bridgehead atoms. The lowest BCUT2D eigenvalue weighted by atomic mass is 10.1. The Bertz CT molecular complexity index is 739. The summed E-state index contributed by atoms with van der Waals surface area (Å²) in [6.07, 6.45) is 0.00701. The van der Waals surface area contributed by atoms with E-state index in [9.17, 15) is 9.59 Å². The highest BCUT2D eigenvalue weighted by Gasteiger charge is 2.17. The van der Waals surface area contributed by atoms with Gasteiger partial charge in [0.2, 0.25) is 5.91 Å². The van der Waals surface area contributed by atoms with Crippen molar-refractivity contribution in [1.82, 2.24) is 0 Å². The van der Waals surface area contributed by atoms with Crippen LogP contribution in [0.2, 0.25) is 10.0 Å². The predicted octanol–water partition coefficient (Wildman–Crippen LogP) is 4.27. The smallest absolute Gasteiger partial charge is 0.340 e. The first kappa shape index (κ1) is 17.3. The van der Waals surface area contributed by atoms with Crippen molar-refractivity contribution in [2.24, 2.45) is 0 Å². The van der Waals surface area contributed by atoms with Crippen molar-refractivity contribution in [2.45, 2.75) is 13.3 Å². The van der Waals surface area contributed by atoms with E-state index < -0.39 is 5.97 Å². The zero-order valence-electron chi connectivity index (χ0n) is 12.7. The number of carbonyl (C=O) groups is 2. The molecule has 0 aliphatic heterocycles. The summed E-state index contributed by atoms with van der Waals surface area (Å²) < 4.78 is 4.76. The Morgan fingerprint density at radius 1 is 1.09 bits per heavy atom. The normalized spacial score (nSPS) is 10.3. The molecule has 0 saturated heterocycles. The van der Waals surface area contributed by atoms with Crippen molar-refractivity contribution in [3.05, 3.63) is 63.1 Å². The molecule has 1 amide bonds. The fourth-order valence-electron chi connectivity index (χ4n) is 2.20. The number of anilines is 1. The molecule has 0 aliphatic rings. The number of ether oxygens (including phenoxy) is 1. The number of carbonyl (C=O) groups excluding carboxylic acids is 2. The summed E-state index contributed by atoms with van der Waals surface area (Å²) in [6.45, 7) is 1.77. The van der Waals surface area contributed by atoms with Crippen LogP contribution >= 0.6 is 23.2 Å². The first-order valence-corrected chi connectivity index (χ1v) is 7.60. The maximum atomic E-state index is 12.3. The third-order valence-electron chi connectivity index (χ3n) is 3.34. The number of amides is 1. The Kier molecular flexibility index (Phi) is 5.64. The lowest BCUT2D eigenvalue weighted by Crippen LogP contribution is -2.18. The van der Waals surface area contributed by atoms with Crippen LogP contribution in [0.1, 0.15) is 21.5 Å². The van der Waals surface area contributed by atoms with Gasteiger partial charge in [-0.25, -0.2) is 4.79 Å². The second-order valence-corrected chi connectivity index (χ2v) is 5.73. The van der Waals surface area contributed by atoms with Gasteiger partial charge >= 0.3 is 5.97 Å². The number of esters is 1. The molecule has 2 aromatic rings. The monoisotopic (exact) mass is 351 g/mol. The predicted molar refractivity (Wildman–Crippen MR) is 91.3 cm³/mol. The van der Waals surface area contributed by atoms with Gasteiger partial charge in [0, 0.05) is 10.0 Å². The van der Waals surface area contributed by atoms with Gasteiger partial charge in [-0.2, -0.15) is 0 Å². The number of methoxy groups -OCH3 is 1. The maximum absolute atomic E-state index is 12.3. The van der Waals surface area contributed by atoms with E-state index in [4.69, 9.17) is 27.9 Å². The van der Waals surface area contributed by atoms with E-state index in [-0.39, 0.29) is 12.3 Å². The van der Waals surface area contributed by atoms with Gasteiger partial charge in [0.25, 0.3) is 0 Å². The van der Waals surface area contributed by atoms with Crippen LogP contribution in [0.3, 0.4) is 0 Å². The molecule has 0 aromatic heterocycles. The van der Waals surface area contributed by atoms with Gasteiger partial charge in [0.1, 0.15) is 0 Å². The first-order valence-electron chi connectivity index (χ1n) is 6.84. The van der Waals surface area contributed by atoms with Crippen molar-refractivity contribution in [3.63, 3.8) is 0 Å². The average molecular weight is 352 g/mol. The Morgan fingerprint density at radius 3 is 2.30 bits per heavy atom. The number of nitrogens with one attached hydrogen (secondary N) is 1. The molecule has 0 fully saturated rings. The van der Waals surface area contributed by atoms with Crippen LogP contribution in [0.25, 0.3) is 0 Å². The van der Waals surface area contributed by atoms with Crippen molar-refractivity contribution >= 4 is 40.8 Å². The molecule has 1 N–H and O–H groups in total. The number of aryl methyl sites for hydroxylation is 1. The minimum Gasteiger partial charge on any atom is -0.465 e. The van der Waals surface area contributed by atoms with Crippen LogP contribution in [0, 0.1) is 6.92 Å². The van der Waals surface area contributed by atoms with Gasteiger partial charge in [-0.05, 0) is 36.2 Å². The van der Waals surface area contributed by atoms with E-state index >= 15 is 0 Å². The van der Waals surface area contributed by atoms with Gasteiger partial charge in [-0.3, -0.25) is 4.79 Å². The highest BCUT2D eigenvalue weighted by atomic mass is 35.5. The van der Waals surface area contributed by atoms with E-state index in [1.54, 1.807) is 43.3 Å². The molecule has 2 aromatic carbocycles. The number of hydrogen-bond donors (Lipinski definition) is 1. The average Bonchev–Trinajstić information content (AvgIpc) is 2.50. The third kappa shape index (κ3) is 4.03. The molecule has 120 valence electrons. The Balaban J connectivity index is 2.25. The summed E-state index contributed by atoms with van der Waals surface area (Å²) in [6, 6.07) is 10.2. The molecule has 0 aliphatic carbocycles. The summed E-state index contributed by atoms with van der Waals surface area (Å²) in [4.78, 5) is 24.2. The molecule has 0 spiro atoms. The fourth-order valence-corrected chi connectivity index (χ4v) is 2.73. The van der Waals surface area contributed by atoms with Crippen LogP contribution in [0.5, 0.6) is 0 Å². The summed E-state index contributed by atoms with van der Waals surface area (Å²) in [5.74, 6) is -0.829. The van der Waals surface area contributed by atoms with Crippen LogP contribution in [-0.4, -0.2) is 19.0 Å². The minimum absolute atomic E-state index is 0.00701. The molecule has 0 saturated carbocycles. The zero-order chi connectivity index (χ0) is 17.0. The fraction of sp³-hybridized carbons (Fsp3) is 0.176. The first-order chi connectivity index (χ1) is 10.9. The van der Waals surface area contributed by atoms with Gasteiger partial charge < -0.3 is 10.1 Å². The molecule has 23 heavy (non-hydrogen) atoms. The summed E-state index contributed by atoms with van der Waals surface area (Å²) in [7, 11) is 1.30. The lowest BCUT2D eigenvalue weighted by Gasteiger charge is -2.13. The third-order valence-corrected chi connectivity index (χ3v) is 4.04. The number of halogens is 2. The lowest BCUT2D eigenvalue weighted by molar-refractivity contribution is -0.115. The Labute approximate surface area is 144 Å². The quantitative estimate of drug-likeness (QED) is 0.836. The van der Waals surface area contributed by atoms with Crippen molar-refractivity contribution in [1.29, 1.82) is 0 Å². The van der Waals surface area contributed by atoms with Crippen molar-refractivity contribution in [2.75, 3.05) is 12.4 Å². The van der Waals surface area contributed by atoms with E-state index in [0.717, 1.165) is 0 Å². The van der Waals surface area contributed by atoms with Crippen LogP contribution in [-0.2, 0) is 16.0 Å². The second-order valence-electron chi connectivity index (χ2n) is 4.91. The van der Waals surface area contributed by atoms with Gasteiger partial charge in [-0.15, -0.1) is 0 Å². The molecular formula is C17H15Cl2NO3. The SMILES string of the molecule is COC(=O)c1c(C)cccc1NC(=O)Cc1c(Cl)cccc1Cl. The van der Waals surface area contributed by atoms with Crippen molar-refractivity contribution < 1.29 is 14.3 Å². The van der Waals surface area contributed by atoms with E-state index in [1.165, 1.54) is 7.11 Å². The number of rotatable bonds is 4. The summed E-state index contributed by atoms with van der Waals surface area (Å²) in [5.41, 5.74) is 1.98. The molecule has 4 nitrogen and oxygen atoms in total. The molecule has 0 heterocycles. The molecule has 0 unspecified atom stereocenters. The summed E-state index contributed by atoms with van der Waals surface area (Å²) in [5, 5.41) is 3.56. The Hall–Kier alpha value is -2.04. The van der Waals surface area contributed by atoms with E-state index in [2.05, 4.69) is 5.32 Å². The molecule has 2 rings (SSSR count). The summed E-state index contributed by atoms with van der Waals surface area (Å²) >= 11 is 12.1. The minimum atomic E-state index is -0.505. The van der Waals surface area contributed by atoms with Crippen molar-refractivity contribution in [3.8, 4) is 0 Å². The zero-order valence-corrected chi connectivity index (χ0v) is 14.2. The molecule has 0 radical (unpaired) electrons. The number of hydrogen-bond acceptors (Lipinski definition) is 3. The molecule has 6 heteroatoms. The highest BCUT2D eigenvalue weighted by molar-refractivity contribution is 6.36. The van der Waals surface area contributed by atoms with Crippen LogP contribution in [0.15, 0.2) is 36.4 Å². The Morgan fingerprint density at radius 2 is 1.70 bits per heavy atom. The molecule has 0 atom stereocenters. The topological polar surface area (TPSA) is 55.4 Å². The van der Waals surface area contributed by atoms with Crippen LogP contribution in [0.4, 0.5) is 5.69 Å².